The molecule has 12 nitrogen and oxygen atoms in total. The van der Waals surface area contributed by atoms with E-state index in [1.54, 1.807) is 11.8 Å². The number of thioether (sulfide) groups is 1. The lowest BCUT2D eigenvalue weighted by molar-refractivity contribution is 0.876. The number of nitrogens with zero attached hydrogens (tertiary/aromatic N) is 6. The van der Waals surface area contributed by atoms with Crippen LogP contribution in [0.25, 0.3) is 0 Å². The van der Waals surface area contributed by atoms with Gasteiger partial charge < -0.3 is 32.7 Å². The maximum absolute atomic E-state index is 5.52. The van der Waals surface area contributed by atoms with E-state index < -0.39 is 0 Å². The zero-order valence-corrected chi connectivity index (χ0v) is 17.0. The molecule has 2 aromatic rings. The Balaban J connectivity index is 1.90. The van der Waals surface area contributed by atoms with Gasteiger partial charge >= 0.3 is 0 Å². The summed E-state index contributed by atoms with van der Waals surface area (Å²) < 4.78 is 0. The van der Waals surface area contributed by atoms with Crippen molar-refractivity contribution in [2.75, 3.05) is 66.3 Å². The molecule has 0 aliphatic carbocycles. The maximum atomic E-state index is 5.52. The summed E-state index contributed by atoms with van der Waals surface area (Å²) in [6, 6.07) is 0. The lowest BCUT2D eigenvalue weighted by Crippen LogP contribution is -2.20. The van der Waals surface area contributed by atoms with E-state index in [-0.39, 0.29) is 0 Å². The molecular weight excluding hydrogens is 380 g/mol. The fraction of sp³-hybridized carbons (Fsp3) is 0.600. The quantitative estimate of drug-likeness (QED) is 0.189. The molecule has 13 heteroatoms. The SMILES string of the molecule is CCSc1nc(NCCN)nc(NCCNc2nc(C)nc(NCCN)n2)n1. The van der Waals surface area contributed by atoms with Gasteiger partial charge in [0.25, 0.3) is 0 Å². The van der Waals surface area contributed by atoms with Crippen LogP contribution in [0.1, 0.15) is 12.7 Å². The smallest absolute Gasteiger partial charge is 0.228 e. The number of aryl methyl sites for hydroxylation is 1. The van der Waals surface area contributed by atoms with Crippen LogP contribution in [0.3, 0.4) is 0 Å². The van der Waals surface area contributed by atoms with Gasteiger partial charge in [-0.05, 0) is 12.7 Å². The van der Waals surface area contributed by atoms with Crippen molar-refractivity contribution in [1.29, 1.82) is 0 Å². The predicted molar refractivity (Wildman–Crippen MR) is 113 cm³/mol. The lowest BCUT2D eigenvalue weighted by Gasteiger charge is -2.11. The number of rotatable bonds is 13. The Kier molecular flexibility index (Phi) is 9.37. The van der Waals surface area contributed by atoms with Crippen LogP contribution in [0.2, 0.25) is 0 Å². The van der Waals surface area contributed by atoms with E-state index in [1.165, 1.54) is 0 Å². The minimum atomic E-state index is 0.497. The first-order chi connectivity index (χ1) is 13.6. The van der Waals surface area contributed by atoms with Crippen LogP contribution in [0.5, 0.6) is 0 Å². The van der Waals surface area contributed by atoms with Gasteiger partial charge in [-0.15, -0.1) is 0 Å². The number of hydrogen-bond acceptors (Lipinski definition) is 13. The molecule has 28 heavy (non-hydrogen) atoms. The second-order valence-corrected chi connectivity index (χ2v) is 6.74. The lowest BCUT2D eigenvalue weighted by atomic mass is 10.6. The van der Waals surface area contributed by atoms with E-state index in [9.17, 15) is 0 Å². The van der Waals surface area contributed by atoms with Gasteiger partial charge in [-0.1, -0.05) is 18.7 Å². The van der Waals surface area contributed by atoms with Crippen LogP contribution in [-0.2, 0) is 0 Å². The highest BCUT2D eigenvalue weighted by atomic mass is 32.2. The largest absolute Gasteiger partial charge is 0.353 e. The number of anilines is 4. The monoisotopic (exact) mass is 408 g/mol. The molecule has 0 radical (unpaired) electrons. The van der Waals surface area contributed by atoms with Gasteiger partial charge in [-0.3, -0.25) is 0 Å². The molecule has 0 spiro atoms. The Bertz CT molecular complexity index is 728. The summed E-state index contributed by atoms with van der Waals surface area (Å²) in [5.41, 5.74) is 11.0. The zero-order valence-electron chi connectivity index (χ0n) is 16.2. The minimum Gasteiger partial charge on any atom is -0.353 e. The molecular formula is C15H28N12S. The molecule has 0 aliphatic heterocycles. The number of aromatic nitrogens is 6. The van der Waals surface area contributed by atoms with Crippen LogP contribution in [-0.4, -0.2) is 74.9 Å². The summed E-state index contributed by atoms with van der Waals surface area (Å²) in [6.45, 7) is 7.22. The van der Waals surface area contributed by atoms with Crippen molar-refractivity contribution in [3.8, 4) is 0 Å². The summed E-state index contributed by atoms with van der Waals surface area (Å²) in [7, 11) is 0. The topological polar surface area (TPSA) is 178 Å². The van der Waals surface area contributed by atoms with Crippen molar-refractivity contribution in [3.05, 3.63) is 5.82 Å². The Morgan fingerprint density at radius 1 is 0.679 bits per heavy atom. The fourth-order valence-corrected chi connectivity index (χ4v) is 2.63. The molecule has 0 fully saturated rings. The summed E-state index contributed by atoms with van der Waals surface area (Å²) in [5, 5.41) is 13.1. The highest BCUT2D eigenvalue weighted by Gasteiger charge is 2.07. The fourth-order valence-electron chi connectivity index (χ4n) is 2.06. The molecule has 0 amide bonds. The minimum absolute atomic E-state index is 0.497. The summed E-state index contributed by atoms with van der Waals surface area (Å²) in [5.74, 6) is 3.51. The average Bonchev–Trinajstić information content (AvgIpc) is 2.68. The molecule has 2 heterocycles. The van der Waals surface area contributed by atoms with Crippen molar-refractivity contribution in [2.45, 2.75) is 19.0 Å². The van der Waals surface area contributed by atoms with Crippen molar-refractivity contribution in [1.82, 2.24) is 29.9 Å². The first-order valence-electron chi connectivity index (χ1n) is 9.11. The Labute approximate surface area is 168 Å². The molecule has 0 atom stereocenters. The standard InChI is InChI=1S/C15H28N12S/c1-3-28-15-26-13(19-7-5-17)25-14(27-15)21-9-8-20-12-23-10(2)22-11(24-12)18-6-4-16/h3-9,16-17H2,1-2H3,(H2,18,20,22,23,24)(H2,19,21,25,26,27). The molecule has 0 aromatic carbocycles. The van der Waals surface area contributed by atoms with E-state index in [4.69, 9.17) is 11.5 Å². The Morgan fingerprint density at radius 2 is 1.11 bits per heavy atom. The van der Waals surface area contributed by atoms with Crippen molar-refractivity contribution in [3.63, 3.8) is 0 Å². The molecule has 2 rings (SSSR count). The van der Waals surface area contributed by atoms with Gasteiger partial charge in [0.15, 0.2) is 5.16 Å². The number of nitrogens with one attached hydrogen (secondary N) is 4. The van der Waals surface area contributed by atoms with E-state index in [0.717, 1.165) is 5.75 Å². The molecule has 154 valence electrons. The third-order valence-electron chi connectivity index (χ3n) is 3.18. The zero-order chi connectivity index (χ0) is 20.2. The van der Waals surface area contributed by atoms with Crippen LogP contribution >= 0.6 is 11.8 Å². The van der Waals surface area contributed by atoms with Crippen LogP contribution in [0.15, 0.2) is 5.16 Å². The number of hydrogen-bond donors (Lipinski definition) is 6. The highest BCUT2D eigenvalue weighted by Crippen LogP contribution is 2.15. The molecule has 0 unspecified atom stereocenters. The van der Waals surface area contributed by atoms with Gasteiger partial charge in [-0.25, -0.2) is 0 Å². The first-order valence-corrected chi connectivity index (χ1v) is 10.1. The van der Waals surface area contributed by atoms with Crippen LogP contribution < -0.4 is 32.7 Å². The van der Waals surface area contributed by atoms with Crippen LogP contribution in [0, 0.1) is 6.92 Å². The van der Waals surface area contributed by atoms with Gasteiger partial charge in [0, 0.05) is 39.3 Å². The Morgan fingerprint density at radius 3 is 1.54 bits per heavy atom. The molecule has 0 saturated carbocycles. The van der Waals surface area contributed by atoms with Crippen molar-refractivity contribution in [2.24, 2.45) is 11.5 Å². The Hall–Kier alpha value is -2.51. The number of nitrogens with two attached hydrogens (primary N) is 2. The van der Waals surface area contributed by atoms with Gasteiger partial charge in [0.1, 0.15) is 5.82 Å². The van der Waals surface area contributed by atoms with Gasteiger partial charge in [0.05, 0.1) is 0 Å². The second-order valence-electron chi connectivity index (χ2n) is 5.51. The van der Waals surface area contributed by atoms with Gasteiger partial charge in [-0.2, -0.15) is 29.9 Å². The molecule has 0 bridgehead atoms. The van der Waals surface area contributed by atoms with Crippen LogP contribution in [0.4, 0.5) is 23.8 Å². The van der Waals surface area contributed by atoms with E-state index in [1.807, 2.05) is 13.8 Å². The molecule has 0 aliphatic rings. The van der Waals surface area contributed by atoms with Gasteiger partial charge in [0.2, 0.25) is 23.8 Å². The third kappa shape index (κ3) is 7.62. The summed E-state index contributed by atoms with van der Waals surface area (Å²) >= 11 is 1.55. The molecule has 0 saturated heterocycles. The molecule has 2 aromatic heterocycles. The third-order valence-corrected chi connectivity index (χ3v) is 3.91. The van der Waals surface area contributed by atoms with E-state index in [0.29, 0.717) is 74.0 Å². The first kappa shape index (κ1) is 21.8. The summed E-state index contributed by atoms with van der Waals surface area (Å²) in [4.78, 5) is 25.9. The van der Waals surface area contributed by atoms with Crippen molar-refractivity contribution >= 4 is 35.6 Å². The predicted octanol–water partition coefficient (Wildman–Crippen LogP) is -0.258. The van der Waals surface area contributed by atoms with E-state index in [2.05, 4.69) is 51.2 Å². The molecule has 8 N–H and O–H groups in total. The maximum Gasteiger partial charge on any atom is 0.228 e. The average molecular weight is 409 g/mol. The highest BCUT2D eigenvalue weighted by molar-refractivity contribution is 7.99. The second kappa shape index (κ2) is 12.0. The van der Waals surface area contributed by atoms with Crippen molar-refractivity contribution < 1.29 is 0 Å². The van der Waals surface area contributed by atoms with E-state index >= 15 is 0 Å². The normalized spacial score (nSPS) is 10.6. The summed E-state index contributed by atoms with van der Waals surface area (Å²) in [6.07, 6.45) is 0.